The van der Waals surface area contributed by atoms with Gasteiger partial charge in [-0.15, -0.1) is 0 Å². The standard InChI is InChI=1S/C22H17ClN2O/c1-14(25-22(24)15-7-4-2-3-5-8-15)17-9-6-10-19-21(17)18-12-11-16(23)13-20(18)26-19/h2,4-13,24H,3H2,1H3. The molecule has 0 spiro atoms. The third-order valence-corrected chi connectivity index (χ3v) is 4.62. The van der Waals surface area contributed by atoms with Crippen LogP contribution in [0, 0.1) is 5.41 Å². The van der Waals surface area contributed by atoms with E-state index in [4.69, 9.17) is 21.4 Å². The van der Waals surface area contributed by atoms with Gasteiger partial charge in [-0.25, -0.2) is 4.99 Å². The number of hydrogen-bond donors (Lipinski definition) is 1. The molecule has 0 radical (unpaired) electrons. The smallest absolute Gasteiger partial charge is 0.152 e. The van der Waals surface area contributed by atoms with Crippen molar-refractivity contribution in [3.63, 3.8) is 0 Å². The average Bonchev–Trinajstić information content (AvgIpc) is 2.80. The minimum Gasteiger partial charge on any atom is -0.456 e. The fraction of sp³-hybridized carbons (Fsp3) is 0.0909. The van der Waals surface area contributed by atoms with Crippen LogP contribution in [0.3, 0.4) is 0 Å². The van der Waals surface area contributed by atoms with Gasteiger partial charge >= 0.3 is 0 Å². The minimum absolute atomic E-state index is 0.248. The first-order valence-electron chi connectivity index (χ1n) is 8.42. The van der Waals surface area contributed by atoms with Crippen LogP contribution in [0.25, 0.3) is 21.9 Å². The first-order valence-corrected chi connectivity index (χ1v) is 8.80. The molecule has 2 aromatic carbocycles. The van der Waals surface area contributed by atoms with E-state index in [-0.39, 0.29) is 5.84 Å². The lowest BCUT2D eigenvalue weighted by Gasteiger charge is -2.05. The highest BCUT2D eigenvalue weighted by atomic mass is 35.5. The highest BCUT2D eigenvalue weighted by molar-refractivity contribution is 6.31. The number of aliphatic imine (C=N–C) groups is 1. The molecule has 0 aliphatic heterocycles. The number of rotatable bonds is 2. The van der Waals surface area contributed by atoms with Gasteiger partial charge in [0.15, 0.2) is 5.84 Å². The van der Waals surface area contributed by atoms with E-state index in [0.717, 1.165) is 45.2 Å². The monoisotopic (exact) mass is 360 g/mol. The van der Waals surface area contributed by atoms with Crippen LogP contribution in [-0.4, -0.2) is 11.5 Å². The Bertz CT molecular complexity index is 1150. The van der Waals surface area contributed by atoms with E-state index in [9.17, 15) is 0 Å². The number of fused-ring (bicyclic) bond motifs is 3. The van der Waals surface area contributed by atoms with Crippen molar-refractivity contribution in [3.8, 4) is 0 Å². The molecule has 4 rings (SSSR count). The zero-order chi connectivity index (χ0) is 18.1. The summed E-state index contributed by atoms with van der Waals surface area (Å²) in [7, 11) is 0. The lowest BCUT2D eigenvalue weighted by atomic mass is 10.0. The molecule has 0 atom stereocenters. The molecule has 1 heterocycles. The van der Waals surface area contributed by atoms with Crippen molar-refractivity contribution >= 4 is 45.1 Å². The summed E-state index contributed by atoms with van der Waals surface area (Å²) in [5.41, 5.74) is 4.08. The predicted octanol–water partition coefficient (Wildman–Crippen LogP) is 6.47. The van der Waals surface area contributed by atoms with E-state index in [0.29, 0.717) is 5.02 Å². The summed E-state index contributed by atoms with van der Waals surface area (Å²) in [6, 6.07) is 11.5. The van der Waals surface area contributed by atoms with E-state index in [1.54, 1.807) is 0 Å². The molecule has 1 aliphatic rings. The Kier molecular flexibility index (Phi) is 4.31. The molecule has 26 heavy (non-hydrogen) atoms. The van der Waals surface area contributed by atoms with Gasteiger partial charge in [-0.05, 0) is 31.5 Å². The summed E-state index contributed by atoms with van der Waals surface area (Å²) >= 11 is 6.09. The summed E-state index contributed by atoms with van der Waals surface area (Å²) in [5, 5.41) is 11.0. The maximum absolute atomic E-state index is 8.34. The average molecular weight is 361 g/mol. The number of hydrogen-bond acceptors (Lipinski definition) is 2. The Morgan fingerprint density at radius 1 is 1.15 bits per heavy atom. The van der Waals surface area contributed by atoms with Crippen LogP contribution in [0.2, 0.25) is 5.02 Å². The van der Waals surface area contributed by atoms with Crippen molar-refractivity contribution in [1.29, 1.82) is 5.41 Å². The molecule has 0 fully saturated rings. The summed E-state index contributed by atoms with van der Waals surface area (Å²) in [6.45, 7) is 1.93. The molecule has 1 N–H and O–H groups in total. The lowest BCUT2D eigenvalue weighted by Crippen LogP contribution is -2.03. The number of halogens is 1. The normalized spacial score (nSPS) is 14.7. The number of nitrogens with one attached hydrogen (secondary N) is 1. The molecular weight excluding hydrogens is 344 g/mol. The highest BCUT2D eigenvalue weighted by Gasteiger charge is 2.13. The predicted molar refractivity (Wildman–Crippen MR) is 110 cm³/mol. The maximum Gasteiger partial charge on any atom is 0.152 e. The van der Waals surface area contributed by atoms with Gasteiger partial charge in [-0.1, -0.05) is 54.1 Å². The summed E-state index contributed by atoms with van der Waals surface area (Å²) < 4.78 is 5.94. The lowest BCUT2D eigenvalue weighted by molar-refractivity contribution is 0.669. The Morgan fingerprint density at radius 2 is 2.04 bits per heavy atom. The number of benzene rings is 2. The van der Waals surface area contributed by atoms with Crippen molar-refractivity contribution in [3.05, 3.63) is 82.9 Å². The van der Waals surface area contributed by atoms with Gasteiger partial charge in [0.25, 0.3) is 0 Å². The Hall–Kier alpha value is -2.91. The molecule has 4 heteroatoms. The van der Waals surface area contributed by atoms with E-state index in [1.165, 1.54) is 0 Å². The van der Waals surface area contributed by atoms with Crippen LogP contribution < -0.4 is 0 Å². The van der Waals surface area contributed by atoms with Crippen LogP contribution in [0.1, 0.15) is 18.9 Å². The SMILES string of the molecule is CC(=NC(=N)C1=CC=CCC=C1)c1cccc2oc3cc(Cl)ccc3c12. The molecule has 0 bridgehead atoms. The number of furan rings is 1. The van der Waals surface area contributed by atoms with Crippen molar-refractivity contribution in [2.45, 2.75) is 13.3 Å². The van der Waals surface area contributed by atoms with E-state index < -0.39 is 0 Å². The number of nitrogens with zero attached hydrogens (tertiary/aromatic N) is 1. The summed E-state index contributed by atoms with van der Waals surface area (Å²) in [6.07, 6.45) is 10.8. The van der Waals surface area contributed by atoms with Crippen LogP contribution in [-0.2, 0) is 0 Å². The number of allylic oxidation sites excluding steroid dienone is 4. The summed E-state index contributed by atoms with van der Waals surface area (Å²) in [5.74, 6) is 0.248. The van der Waals surface area contributed by atoms with Gasteiger partial charge in [0.1, 0.15) is 11.2 Å². The van der Waals surface area contributed by atoms with Gasteiger partial charge in [0.2, 0.25) is 0 Å². The largest absolute Gasteiger partial charge is 0.456 e. The second-order valence-electron chi connectivity index (χ2n) is 6.16. The maximum atomic E-state index is 8.34. The third-order valence-electron chi connectivity index (χ3n) is 4.38. The molecule has 0 amide bonds. The first kappa shape index (κ1) is 16.6. The van der Waals surface area contributed by atoms with Crippen molar-refractivity contribution < 1.29 is 4.42 Å². The second kappa shape index (κ2) is 6.77. The quantitative estimate of drug-likeness (QED) is 0.413. The molecule has 0 saturated carbocycles. The molecule has 0 saturated heterocycles. The molecule has 1 aromatic heterocycles. The third kappa shape index (κ3) is 3.02. The molecule has 128 valence electrons. The fourth-order valence-electron chi connectivity index (χ4n) is 3.13. The van der Waals surface area contributed by atoms with E-state index in [2.05, 4.69) is 11.1 Å². The Labute approximate surface area is 156 Å². The number of amidine groups is 1. The van der Waals surface area contributed by atoms with Gasteiger partial charge < -0.3 is 4.42 Å². The Morgan fingerprint density at radius 3 is 2.92 bits per heavy atom. The Balaban J connectivity index is 1.83. The van der Waals surface area contributed by atoms with E-state index >= 15 is 0 Å². The van der Waals surface area contributed by atoms with Crippen LogP contribution in [0.5, 0.6) is 0 Å². The molecule has 3 aromatic rings. The van der Waals surface area contributed by atoms with Crippen LogP contribution in [0.15, 0.2) is 81.8 Å². The zero-order valence-corrected chi connectivity index (χ0v) is 15.0. The minimum atomic E-state index is 0.248. The van der Waals surface area contributed by atoms with Gasteiger partial charge in [-0.3, -0.25) is 5.41 Å². The molecule has 3 nitrogen and oxygen atoms in total. The molecule has 1 aliphatic carbocycles. The van der Waals surface area contributed by atoms with Gasteiger partial charge in [-0.2, -0.15) is 0 Å². The van der Waals surface area contributed by atoms with Crippen LogP contribution >= 0.6 is 11.6 Å². The first-order chi connectivity index (χ1) is 12.6. The van der Waals surface area contributed by atoms with Crippen LogP contribution in [0.4, 0.5) is 0 Å². The molecule has 0 unspecified atom stereocenters. The van der Waals surface area contributed by atoms with Gasteiger partial charge in [0.05, 0.1) is 0 Å². The topological polar surface area (TPSA) is 49.4 Å². The zero-order valence-electron chi connectivity index (χ0n) is 14.3. The second-order valence-corrected chi connectivity index (χ2v) is 6.59. The van der Waals surface area contributed by atoms with Crippen molar-refractivity contribution in [2.75, 3.05) is 0 Å². The molecular formula is C22H17ClN2O. The van der Waals surface area contributed by atoms with E-state index in [1.807, 2.05) is 67.6 Å². The van der Waals surface area contributed by atoms with Crippen molar-refractivity contribution in [2.24, 2.45) is 4.99 Å². The van der Waals surface area contributed by atoms with Crippen molar-refractivity contribution in [1.82, 2.24) is 0 Å². The van der Waals surface area contributed by atoms with Gasteiger partial charge in [0, 0.05) is 38.7 Å². The summed E-state index contributed by atoms with van der Waals surface area (Å²) in [4.78, 5) is 4.55. The highest BCUT2D eigenvalue weighted by Crippen LogP contribution is 2.33. The fourth-order valence-corrected chi connectivity index (χ4v) is 3.29.